The molecule has 0 bridgehead atoms. The van der Waals surface area contributed by atoms with E-state index >= 15 is 0 Å². The Kier molecular flexibility index (Phi) is 6.47. The highest BCUT2D eigenvalue weighted by molar-refractivity contribution is 7.97. The molecule has 0 spiro atoms. The van der Waals surface area contributed by atoms with Crippen molar-refractivity contribution < 1.29 is 19.4 Å². The zero-order chi connectivity index (χ0) is 15.0. The minimum atomic E-state index is -1.09. The molecule has 0 atom stereocenters. The maximum atomic E-state index is 11.3. The van der Waals surface area contributed by atoms with E-state index in [1.165, 1.54) is 11.4 Å². The number of hydrogen-bond acceptors (Lipinski definition) is 7. The minimum Gasteiger partial charge on any atom is -0.497 e. The third kappa shape index (κ3) is 5.67. The van der Waals surface area contributed by atoms with Crippen molar-refractivity contribution in [1.82, 2.24) is 9.73 Å². The molecule has 0 aliphatic heterocycles. The van der Waals surface area contributed by atoms with E-state index < -0.39 is 11.9 Å². The molecule has 0 aliphatic rings. The summed E-state index contributed by atoms with van der Waals surface area (Å²) in [6.07, 6.45) is 0. The van der Waals surface area contributed by atoms with E-state index in [4.69, 9.17) is 9.84 Å². The molecule has 1 rings (SSSR count). The lowest BCUT2D eigenvalue weighted by atomic mass is 10.3. The van der Waals surface area contributed by atoms with Gasteiger partial charge in [0.05, 0.1) is 18.9 Å². The van der Waals surface area contributed by atoms with Crippen molar-refractivity contribution >= 4 is 23.8 Å². The maximum absolute atomic E-state index is 11.3. The van der Waals surface area contributed by atoms with Crippen LogP contribution in [0, 0.1) is 4.91 Å². The second-order valence-electron chi connectivity index (χ2n) is 3.58. The Balaban J connectivity index is 2.69. The Bertz CT molecular complexity index is 479. The third-order valence-corrected chi connectivity index (χ3v) is 3.10. The van der Waals surface area contributed by atoms with Crippen LogP contribution in [0.1, 0.15) is 0 Å². The van der Waals surface area contributed by atoms with Crippen LogP contribution in [0.3, 0.4) is 0 Å². The molecule has 9 heteroatoms. The summed E-state index contributed by atoms with van der Waals surface area (Å²) >= 11 is 1.08. The van der Waals surface area contributed by atoms with E-state index in [0.717, 1.165) is 16.8 Å². The van der Waals surface area contributed by atoms with Crippen LogP contribution in [-0.4, -0.2) is 41.5 Å². The van der Waals surface area contributed by atoms with Gasteiger partial charge in [-0.3, -0.25) is 9.59 Å². The lowest BCUT2D eigenvalue weighted by Crippen LogP contribution is -2.34. The highest BCUT2D eigenvalue weighted by atomic mass is 32.2. The molecule has 8 nitrogen and oxygen atoms in total. The van der Waals surface area contributed by atoms with Gasteiger partial charge in [-0.15, -0.1) is 4.91 Å². The predicted octanol–water partition coefficient (Wildman–Crippen LogP) is 0.886. The van der Waals surface area contributed by atoms with Gasteiger partial charge in [-0.25, -0.2) is 9.73 Å². The number of benzene rings is 1. The van der Waals surface area contributed by atoms with Crippen LogP contribution < -0.4 is 10.2 Å². The van der Waals surface area contributed by atoms with E-state index in [1.807, 2.05) is 0 Å². The van der Waals surface area contributed by atoms with Gasteiger partial charge in [-0.05, 0) is 36.2 Å². The zero-order valence-corrected chi connectivity index (χ0v) is 11.4. The van der Waals surface area contributed by atoms with Gasteiger partial charge in [-0.1, -0.05) is 0 Å². The van der Waals surface area contributed by atoms with Crippen molar-refractivity contribution in [3.05, 3.63) is 29.2 Å². The Labute approximate surface area is 119 Å². The van der Waals surface area contributed by atoms with Crippen molar-refractivity contribution in [2.75, 3.05) is 20.2 Å². The molecular weight excluding hydrogens is 286 g/mol. The largest absolute Gasteiger partial charge is 0.497 e. The van der Waals surface area contributed by atoms with Gasteiger partial charge in [0.2, 0.25) is 0 Å². The van der Waals surface area contributed by atoms with Crippen molar-refractivity contribution in [3.8, 4) is 5.75 Å². The van der Waals surface area contributed by atoms with Crippen molar-refractivity contribution in [1.29, 1.82) is 0 Å². The standard InChI is InChI=1S/C11H13N3O5S/c1-19-8-2-4-9(5-3-8)20-14(7-11(16)17)6-10(15)12-13-18/h2-5H,6-7H2,1H3,(H,16,17)(H,12,15,18). The quantitative estimate of drug-likeness (QED) is 0.417. The number of rotatable bonds is 8. The Morgan fingerprint density at radius 3 is 2.50 bits per heavy atom. The summed E-state index contributed by atoms with van der Waals surface area (Å²) in [6, 6.07) is 6.89. The predicted molar refractivity (Wildman–Crippen MR) is 72.0 cm³/mol. The number of nitroso groups, excluding NO2 is 1. The lowest BCUT2D eigenvalue weighted by Gasteiger charge is -2.17. The van der Waals surface area contributed by atoms with Crippen LogP contribution in [0.2, 0.25) is 0 Å². The fourth-order valence-corrected chi connectivity index (χ4v) is 2.22. The van der Waals surface area contributed by atoms with Crippen LogP contribution in [-0.2, 0) is 9.59 Å². The molecule has 2 N–H and O–H groups in total. The Hall–Kier alpha value is -2.13. The first kappa shape index (κ1) is 15.9. The fraction of sp³-hybridized carbons (Fsp3) is 0.273. The zero-order valence-electron chi connectivity index (χ0n) is 10.6. The lowest BCUT2D eigenvalue weighted by molar-refractivity contribution is -0.137. The van der Waals surface area contributed by atoms with E-state index in [9.17, 15) is 14.5 Å². The van der Waals surface area contributed by atoms with Crippen LogP contribution in [0.15, 0.2) is 34.4 Å². The molecule has 108 valence electrons. The van der Waals surface area contributed by atoms with Crippen LogP contribution in [0.25, 0.3) is 0 Å². The van der Waals surface area contributed by atoms with E-state index in [2.05, 4.69) is 5.29 Å². The van der Waals surface area contributed by atoms with Crippen molar-refractivity contribution in [3.63, 3.8) is 0 Å². The summed E-state index contributed by atoms with van der Waals surface area (Å²) in [5.74, 6) is -1.10. The smallest absolute Gasteiger partial charge is 0.318 e. The molecule has 0 saturated carbocycles. The summed E-state index contributed by atoms with van der Waals surface area (Å²) in [5, 5.41) is 11.0. The van der Waals surface area contributed by atoms with Gasteiger partial charge < -0.3 is 9.84 Å². The van der Waals surface area contributed by atoms with Crippen molar-refractivity contribution in [2.24, 2.45) is 5.29 Å². The molecule has 1 aromatic rings. The Morgan fingerprint density at radius 1 is 1.35 bits per heavy atom. The second-order valence-corrected chi connectivity index (χ2v) is 4.76. The number of carbonyl (C=O) groups excluding carboxylic acids is 1. The van der Waals surface area contributed by atoms with Gasteiger partial charge in [0.1, 0.15) is 12.3 Å². The van der Waals surface area contributed by atoms with Gasteiger partial charge in [0.15, 0.2) is 0 Å². The van der Waals surface area contributed by atoms with Crippen LogP contribution in [0.5, 0.6) is 5.75 Å². The number of methoxy groups -OCH3 is 1. The topological polar surface area (TPSA) is 108 Å². The summed E-state index contributed by atoms with van der Waals surface area (Å²) in [7, 11) is 1.54. The number of carboxylic acids is 1. The first-order valence-corrected chi connectivity index (χ1v) is 6.22. The first-order chi connectivity index (χ1) is 9.55. The molecule has 0 aromatic heterocycles. The number of aliphatic carboxylic acids is 1. The van der Waals surface area contributed by atoms with E-state index in [1.54, 1.807) is 29.7 Å². The second kappa shape index (κ2) is 8.12. The molecule has 0 fully saturated rings. The van der Waals surface area contributed by atoms with Gasteiger partial charge in [0.25, 0.3) is 5.91 Å². The first-order valence-electron chi connectivity index (χ1n) is 5.45. The van der Waals surface area contributed by atoms with Gasteiger partial charge in [0, 0.05) is 4.90 Å². The molecule has 20 heavy (non-hydrogen) atoms. The number of ether oxygens (including phenoxy) is 1. The van der Waals surface area contributed by atoms with E-state index in [0.29, 0.717) is 5.75 Å². The van der Waals surface area contributed by atoms with Gasteiger partial charge in [-0.2, -0.15) is 0 Å². The molecule has 0 radical (unpaired) electrons. The summed E-state index contributed by atoms with van der Waals surface area (Å²) in [5.41, 5.74) is 1.72. The average molecular weight is 299 g/mol. The SMILES string of the molecule is COc1ccc(SN(CC(=O)O)CC(=O)NN=O)cc1. The van der Waals surface area contributed by atoms with Crippen molar-refractivity contribution in [2.45, 2.75) is 4.90 Å². The summed E-state index contributed by atoms with van der Waals surface area (Å²) in [6.45, 7) is -0.627. The molecular formula is C11H13N3O5S. The number of nitrogens with one attached hydrogen (secondary N) is 1. The molecule has 0 aliphatic carbocycles. The highest BCUT2D eigenvalue weighted by Gasteiger charge is 2.15. The van der Waals surface area contributed by atoms with Crippen LogP contribution >= 0.6 is 11.9 Å². The summed E-state index contributed by atoms with van der Waals surface area (Å²) < 4.78 is 6.30. The minimum absolute atomic E-state index is 0.269. The summed E-state index contributed by atoms with van der Waals surface area (Å²) in [4.78, 5) is 32.6. The molecule has 1 amide bonds. The monoisotopic (exact) mass is 299 g/mol. The number of amides is 1. The fourth-order valence-electron chi connectivity index (χ4n) is 1.30. The van der Waals surface area contributed by atoms with Crippen LogP contribution in [0.4, 0.5) is 0 Å². The molecule has 0 saturated heterocycles. The normalized spacial score (nSPS) is 10.1. The number of hydrogen-bond donors (Lipinski definition) is 2. The van der Waals surface area contributed by atoms with Gasteiger partial charge >= 0.3 is 5.97 Å². The molecule has 0 heterocycles. The maximum Gasteiger partial charge on any atom is 0.318 e. The number of carboxylic acid groups (broad SMARTS) is 1. The molecule has 0 unspecified atom stereocenters. The Morgan fingerprint density at radius 2 is 2.00 bits per heavy atom. The molecule has 1 aromatic carbocycles. The number of carbonyl (C=O) groups is 2. The third-order valence-electron chi connectivity index (χ3n) is 2.10. The highest BCUT2D eigenvalue weighted by Crippen LogP contribution is 2.24. The number of nitrogens with zero attached hydrogens (tertiary/aromatic N) is 2. The average Bonchev–Trinajstić information content (AvgIpc) is 2.39. The van der Waals surface area contributed by atoms with E-state index in [-0.39, 0.29) is 13.1 Å².